The van der Waals surface area contributed by atoms with Gasteiger partial charge in [0.25, 0.3) is 5.91 Å². The van der Waals surface area contributed by atoms with E-state index in [1.54, 1.807) is 6.92 Å². The molecule has 0 aliphatic carbocycles. The lowest BCUT2D eigenvalue weighted by Gasteiger charge is -2.27. The van der Waals surface area contributed by atoms with Crippen molar-refractivity contribution in [2.24, 2.45) is 0 Å². The Morgan fingerprint density at radius 2 is 2.00 bits per heavy atom. The zero-order valence-electron chi connectivity index (χ0n) is 11.1. The SMILES string of the molecule is CCCCC(NC(=O)C(C)(CC)OC)C(=O)O. The van der Waals surface area contributed by atoms with Crippen LogP contribution in [0.5, 0.6) is 0 Å². The van der Waals surface area contributed by atoms with E-state index in [0.29, 0.717) is 12.8 Å². The minimum absolute atomic E-state index is 0.369. The third-order valence-electron chi connectivity index (χ3n) is 3.06. The molecule has 0 aromatic rings. The zero-order valence-corrected chi connectivity index (χ0v) is 11.1. The predicted octanol–water partition coefficient (Wildman–Crippen LogP) is 1.56. The summed E-state index contributed by atoms with van der Waals surface area (Å²) in [7, 11) is 1.45. The molecule has 0 aromatic carbocycles. The summed E-state index contributed by atoms with van der Waals surface area (Å²) in [5.74, 6) is -1.37. The minimum atomic E-state index is -0.999. The Morgan fingerprint density at radius 1 is 1.41 bits per heavy atom. The summed E-state index contributed by atoms with van der Waals surface area (Å²) in [5, 5.41) is 11.5. The Bertz CT molecular complexity index is 261. The van der Waals surface area contributed by atoms with Gasteiger partial charge >= 0.3 is 5.97 Å². The van der Waals surface area contributed by atoms with Crippen LogP contribution in [-0.4, -0.2) is 35.7 Å². The molecule has 0 aromatic heterocycles. The molecule has 0 radical (unpaired) electrons. The van der Waals surface area contributed by atoms with Gasteiger partial charge in [-0.15, -0.1) is 0 Å². The van der Waals surface area contributed by atoms with Gasteiger partial charge in [-0.2, -0.15) is 0 Å². The molecule has 2 atom stereocenters. The summed E-state index contributed by atoms with van der Waals surface area (Å²) < 4.78 is 5.13. The van der Waals surface area contributed by atoms with Gasteiger partial charge in [-0.3, -0.25) is 4.79 Å². The van der Waals surface area contributed by atoms with E-state index in [-0.39, 0.29) is 5.91 Å². The van der Waals surface area contributed by atoms with E-state index < -0.39 is 17.6 Å². The van der Waals surface area contributed by atoms with Gasteiger partial charge in [-0.25, -0.2) is 4.79 Å². The number of unbranched alkanes of at least 4 members (excludes halogenated alkanes) is 1. The van der Waals surface area contributed by atoms with E-state index in [4.69, 9.17) is 9.84 Å². The second kappa shape index (κ2) is 7.27. The summed E-state index contributed by atoms with van der Waals surface area (Å²) in [6, 6.07) is -0.830. The largest absolute Gasteiger partial charge is 0.480 e. The molecule has 0 spiro atoms. The van der Waals surface area contributed by atoms with E-state index in [1.165, 1.54) is 7.11 Å². The van der Waals surface area contributed by atoms with Crippen molar-refractivity contribution in [3.63, 3.8) is 0 Å². The highest BCUT2D eigenvalue weighted by Gasteiger charge is 2.33. The number of aliphatic carboxylic acids is 1. The van der Waals surface area contributed by atoms with Gasteiger partial charge in [0.1, 0.15) is 11.6 Å². The monoisotopic (exact) mass is 245 g/mol. The fourth-order valence-corrected chi connectivity index (χ4v) is 1.37. The van der Waals surface area contributed by atoms with Crippen molar-refractivity contribution < 1.29 is 19.4 Å². The van der Waals surface area contributed by atoms with Gasteiger partial charge in [-0.1, -0.05) is 26.7 Å². The first kappa shape index (κ1) is 15.9. The second-order valence-corrected chi connectivity index (χ2v) is 4.30. The summed E-state index contributed by atoms with van der Waals surface area (Å²) in [4.78, 5) is 22.9. The molecule has 0 heterocycles. The minimum Gasteiger partial charge on any atom is -0.480 e. The number of ether oxygens (including phenoxy) is 1. The number of carboxylic acid groups (broad SMARTS) is 1. The average Bonchev–Trinajstić information content (AvgIpc) is 2.32. The van der Waals surface area contributed by atoms with E-state index in [2.05, 4.69) is 5.32 Å². The number of nitrogens with one attached hydrogen (secondary N) is 1. The van der Waals surface area contributed by atoms with Gasteiger partial charge in [0.05, 0.1) is 0 Å². The standard InChI is InChI=1S/C12H23NO4/c1-5-7-8-9(10(14)15)13-11(16)12(3,6-2)17-4/h9H,5-8H2,1-4H3,(H,13,16)(H,14,15). The first-order valence-corrected chi connectivity index (χ1v) is 6.00. The zero-order chi connectivity index (χ0) is 13.5. The van der Waals surface area contributed by atoms with E-state index in [1.807, 2.05) is 13.8 Å². The van der Waals surface area contributed by atoms with Crippen LogP contribution in [0.4, 0.5) is 0 Å². The molecule has 0 aliphatic heterocycles. The van der Waals surface area contributed by atoms with E-state index in [0.717, 1.165) is 12.8 Å². The van der Waals surface area contributed by atoms with Crippen LogP contribution in [0.1, 0.15) is 46.5 Å². The highest BCUT2D eigenvalue weighted by molar-refractivity contribution is 5.88. The van der Waals surface area contributed by atoms with Crippen molar-refractivity contribution in [1.29, 1.82) is 0 Å². The topological polar surface area (TPSA) is 75.6 Å². The maximum absolute atomic E-state index is 11.9. The molecule has 17 heavy (non-hydrogen) atoms. The molecule has 0 bridgehead atoms. The van der Waals surface area contributed by atoms with Gasteiger partial charge in [-0.05, 0) is 19.8 Å². The number of methoxy groups -OCH3 is 1. The molecule has 5 nitrogen and oxygen atoms in total. The fourth-order valence-electron chi connectivity index (χ4n) is 1.37. The van der Waals surface area contributed by atoms with Crippen molar-refractivity contribution in [3.05, 3.63) is 0 Å². The average molecular weight is 245 g/mol. The van der Waals surface area contributed by atoms with Crippen molar-refractivity contribution in [2.75, 3.05) is 7.11 Å². The van der Waals surface area contributed by atoms with E-state index in [9.17, 15) is 9.59 Å². The third kappa shape index (κ3) is 4.73. The van der Waals surface area contributed by atoms with Gasteiger partial charge in [0.2, 0.25) is 0 Å². The van der Waals surface area contributed by atoms with Crippen LogP contribution >= 0.6 is 0 Å². The second-order valence-electron chi connectivity index (χ2n) is 4.30. The van der Waals surface area contributed by atoms with Crippen LogP contribution < -0.4 is 5.32 Å². The number of rotatable bonds is 8. The Kier molecular flexibility index (Phi) is 6.80. The molecule has 0 saturated carbocycles. The number of amides is 1. The first-order chi connectivity index (χ1) is 7.91. The van der Waals surface area contributed by atoms with Crippen LogP contribution in [-0.2, 0) is 14.3 Å². The van der Waals surface area contributed by atoms with Crippen molar-refractivity contribution >= 4 is 11.9 Å². The molecule has 1 amide bonds. The van der Waals surface area contributed by atoms with Crippen LogP contribution in [0, 0.1) is 0 Å². The molecule has 0 aliphatic rings. The lowest BCUT2D eigenvalue weighted by molar-refractivity contribution is -0.148. The molecule has 2 N–H and O–H groups in total. The fraction of sp³-hybridized carbons (Fsp3) is 0.833. The van der Waals surface area contributed by atoms with Gasteiger partial charge in [0, 0.05) is 7.11 Å². The summed E-state index contributed by atoms with van der Waals surface area (Å²) >= 11 is 0. The Labute approximate surface area is 103 Å². The lowest BCUT2D eigenvalue weighted by atomic mass is 10.0. The van der Waals surface area contributed by atoms with Crippen molar-refractivity contribution in [1.82, 2.24) is 5.32 Å². The molecular formula is C12H23NO4. The van der Waals surface area contributed by atoms with Crippen LogP contribution in [0.2, 0.25) is 0 Å². The van der Waals surface area contributed by atoms with Crippen LogP contribution in [0.25, 0.3) is 0 Å². The first-order valence-electron chi connectivity index (χ1n) is 6.00. The number of hydrogen-bond donors (Lipinski definition) is 2. The normalized spacial score (nSPS) is 16.0. The molecule has 0 fully saturated rings. The highest BCUT2D eigenvalue weighted by atomic mass is 16.5. The Morgan fingerprint density at radius 3 is 2.35 bits per heavy atom. The van der Waals surface area contributed by atoms with Gasteiger partial charge in [0.15, 0.2) is 0 Å². The molecular weight excluding hydrogens is 222 g/mol. The number of carbonyl (C=O) groups is 2. The lowest BCUT2D eigenvalue weighted by Crippen LogP contribution is -2.51. The molecule has 5 heteroatoms. The van der Waals surface area contributed by atoms with Crippen molar-refractivity contribution in [3.8, 4) is 0 Å². The van der Waals surface area contributed by atoms with E-state index >= 15 is 0 Å². The summed E-state index contributed by atoms with van der Waals surface area (Å²) in [6.07, 6.45) is 2.61. The maximum Gasteiger partial charge on any atom is 0.326 e. The molecule has 0 saturated heterocycles. The third-order valence-corrected chi connectivity index (χ3v) is 3.06. The number of carbonyl (C=O) groups excluding carboxylic acids is 1. The smallest absolute Gasteiger partial charge is 0.326 e. The van der Waals surface area contributed by atoms with Crippen LogP contribution in [0.3, 0.4) is 0 Å². The summed E-state index contributed by atoms with van der Waals surface area (Å²) in [5.41, 5.74) is -0.958. The van der Waals surface area contributed by atoms with Crippen LogP contribution in [0.15, 0.2) is 0 Å². The maximum atomic E-state index is 11.9. The number of hydrogen-bond acceptors (Lipinski definition) is 3. The molecule has 2 unspecified atom stereocenters. The molecule has 0 rings (SSSR count). The molecule has 100 valence electrons. The quantitative estimate of drug-likeness (QED) is 0.680. The predicted molar refractivity (Wildman–Crippen MR) is 64.8 cm³/mol. The van der Waals surface area contributed by atoms with Crippen molar-refractivity contribution in [2.45, 2.75) is 58.1 Å². The van der Waals surface area contributed by atoms with Gasteiger partial charge < -0.3 is 15.2 Å². The Hall–Kier alpha value is -1.10. The highest BCUT2D eigenvalue weighted by Crippen LogP contribution is 2.15. The summed E-state index contributed by atoms with van der Waals surface area (Å²) in [6.45, 7) is 5.46. The Balaban J connectivity index is 4.54. The number of carboxylic acids is 1.